The lowest BCUT2D eigenvalue weighted by Gasteiger charge is -2.34. The molecule has 1 amide bonds. The third-order valence-corrected chi connectivity index (χ3v) is 4.40. The number of nitrogens with one attached hydrogen (secondary N) is 1. The Bertz CT molecular complexity index is 600. The van der Waals surface area contributed by atoms with Gasteiger partial charge in [0.1, 0.15) is 12.4 Å². The third kappa shape index (κ3) is 7.57. The number of likely N-dealkylation sites (tertiary alicyclic amines) is 1. The lowest BCUT2D eigenvalue weighted by molar-refractivity contribution is -0.119. The Hall–Kier alpha value is -1.22. The summed E-state index contributed by atoms with van der Waals surface area (Å²) in [5.74, 6) is 1.60. The van der Waals surface area contributed by atoms with E-state index in [4.69, 9.17) is 22.1 Å². The minimum atomic E-state index is -0.234. The molecule has 1 saturated heterocycles. The summed E-state index contributed by atoms with van der Waals surface area (Å²) in [6.07, 6.45) is 2.51. The molecular weight excluding hydrogens is 467 g/mol. The molecule has 1 atom stereocenters. The highest BCUT2D eigenvalue weighted by Gasteiger charge is 2.23. The van der Waals surface area contributed by atoms with Crippen LogP contribution in [0.15, 0.2) is 29.3 Å². The van der Waals surface area contributed by atoms with Crippen molar-refractivity contribution in [2.75, 3.05) is 32.8 Å². The fraction of sp³-hybridized carbons (Fsp3) is 0.556. The highest BCUT2D eigenvalue weighted by molar-refractivity contribution is 14.0. The molecule has 0 spiro atoms. The van der Waals surface area contributed by atoms with Crippen LogP contribution in [0.2, 0.25) is 5.02 Å². The Morgan fingerprint density at radius 1 is 1.46 bits per heavy atom. The number of hydrogen-bond acceptors (Lipinski definition) is 3. The van der Waals surface area contributed by atoms with Crippen molar-refractivity contribution in [2.24, 2.45) is 16.6 Å². The summed E-state index contributed by atoms with van der Waals surface area (Å²) in [4.78, 5) is 18.0. The first-order chi connectivity index (χ1) is 12.1. The van der Waals surface area contributed by atoms with Crippen molar-refractivity contribution in [1.82, 2.24) is 10.2 Å². The van der Waals surface area contributed by atoms with Crippen molar-refractivity contribution in [3.05, 3.63) is 29.3 Å². The predicted molar refractivity (Wildman–Crippen MR) is 116 cm³/mol. The molecule has 1 aromatic carbocycles. The quantitative estimate of drug-likeness (QED) is 0.264. The van der Waals surface area contributed by atoms with Gasteiger partial charge >= 0.3 is 0 Å². The van der Waals surface area contributed by atoms with E-state index in [1.54, 1.807) is 6.07 Å². The van der Waals surface area contributed by atoms with E-state index in [0.29, 0.717) is 36.3 Å². The van der Waals surface area contributed by atoms with Crippen LogP contribution in [0, 0.1) is 5.92 Å². The zero-order valence-electron chi connectivity index (χ0n) is 15.1. The van der Waals surface area contributed by atoms with Crippen molar-refractivity contribution in [3.8, 4) is 5.75 Å². The van der Waals surface area contributed by atoms with Gasteiger partial charge in [0.15, 0.2) is 5.96 Å². The van der Waals surface area contributed by atoms with Gasteiger partial charge in [0.25, 0.3) is 0 Å². The maximum absolute atomic E-state index is 11.2. The Labute approximate surface area is 177 Å². The largest absolute Gasteiger partial charge is 0.490 e. The number of carbonyl (C=O) groups excluding carboxylic acids is 1. The Morgan fingerprint density at radius 3 is 2.92 bits per heavy atom. The Morgan fingerprint density at radius 2 is 2.23 bits per heavy atom. The summed E-state index contributed by atoms with van der Waals surface area (Å²) in [5.41, 5.74) is 5.34. The normalized spacial score (nSPS) is 17.4. The number of halogens is 2. The van der Waals surface area contributed by atoms with Crippen LogP contribution >= 0.6 is 35.6 Å². The van der Waals surface area contributed by atoms with E-state index in [9.17, 15) is 4.79 Å². The lowest BCUT2D eigenvalue weighted by atomic mass is 9.95. The molecule has 1 heterocycles. The average molecular weight is 495 g/mol. The number of aliphatic imine (C=N–C) groups is 1. The molecule has 3 N–H and O–H groups in total. The molecule has 6 nitrogen and oxygen atoms in total. The zero-order valence-corrected chi connectivity index (χ0v) is 18.2. The first kappa shape index (κ1) is 22.8. The van der Waals surface area contributed by atoms with Crippen LogP contribution in [0.1, 0.15) is 26.2 Å². The first-order valence-corrected chi connectivity index (χ1v) is 9.16. The SMILES string of the molecule is CCNC(=NCCOc1ccccc1Cl)N1CCCC(CC(N)=O)C1.I. The molecular formula is C18H28ClIN4O2. The van der Waals surface area contributed by atoms with Crippen molar-refractivity contribution < 1.29 is 9.53 Å². The summed E-state index contributed by atoms with van der Waals surface area (Å²) >= 11 is 6.08. The maximum Gasteiger partial charge on any atom is 0.217 e. The molecule has 1 unspecified atom stereocenters. The monoisotopic (exact) mass is 494 g/mol. The van der Waals surface area contributed by atoms with E-state index in [1.165, 1.54) is 0 Å². The topological polar surface area (TPSA) is 80.0 Å². The Kier molecular flexibility index (Phi) is 10.7. The van der Waals surface area contributed by atoms with Gasteiger partial charge in [-0.05, 0) is 37.8 Å². The van der Waals surface area contributed by atoms with E-state index in [2.05, 4.69) is 15.2 Å². The highest BCUT2D eigenvalue weighted by Crippen LogP contribution is 2.23. The molecule has 1 aliphatic heterocycles. The van der Waals surface area contributed by atoms with Crippen LogP contribution < -0.4 is 15.8 Å². The van der Waals surface area contributed by atoms with Gasteiger partial charge in [0.2, 0.25) is 5.91 Å². The molecule has 1 aliphatic rings. The molecule has 0 aliphatic carbocycles. The minimum Gasteiger partial charge on any atom is -0.490 e. The summed E-state index contributed by atoms with van der Waals surface area (Å²) in [5, 5.41) is 3.92. The number of benzene rings is 1. The highest BCUT2D eigenvalue weighted by atomic mass is 127. The second-order valence-electron chi connectivity index (χ2n) is 6.14. The van der Waals surface area contributed by atoms with Crippen LogP contribution in [-0.4, -0.2) is 49.6 Å². The number of piperidine rings is 1. The summed E-state index contributed by atoms with van der Waals surface area (Å²) in [6, 6.07) is 7.41. The van der Waals surface area contributed by atoms with Crippen LogP contribution in [-0.2, 0) is 4.79 Å². The van der Waals surface area contributed by atoms with Crippen molar-refractivity contribution in [3.63, 3.8) is 0 Å². The molecule has 1 aromatic rings. The van der Waals surface area contributed by atoms with Crippen molar-refractivity contribution in [1.29, 1.82) is 0 Å². The number of nitrogens with zero attached hydrogens (tertiary/aromatic N) is 2. The van der Waals surface area contributed by atoms with E-state index >= 15 is 0 Å². The van der Waals surface area contributed by atoms with Gasteiger partial charge < -0.3 is 20.7 Å². The summed E-state index contributed by atoms with van der Waals surface area (Å²) in [6.45, 7) is 5.57. The molecule has 0 saturated carbocycles. The molecule has 146 valence electrons. The van der Waals surface area contributed by atoms with Crippen LogP contribution in [0.3, 0.4) is 0 Å². The van der Waals surface area contributed by atoms with Gasteiger partial charge in [-0.2, -0.15) is 0 Å². The Balaban J connectivity index is 0.00000338. The number of guanidine groups is 1. The molecule has 8 heteroatoms. The van der Waals surface area contributed by atoms with Crippen LogP contribution in [0.4, 0.5) is 0 Å². The van der Waals surface area contributed by atoms with E-state index in [1.807, 2.05) is 25.1 Å². The van der Waals surface area contributed by atoms with E-state index in [-0.39, 0.29) is 29.9 Å². The van der Waals surface area contributed by atoms with Crippen molar-refractivity contribution >= 4 is 47.4 Å². The molecule has 0 radical (unpaired) electrons. The zero-order chi connectivity index (χ0) is 18.1. The number of amides is 1. The van der Waals surface area contributed by atoms with Gasteiger partial charge in [-0.1, -0.05) is 23.7 Å². The number of hydrogen-bond donors (Lipinski definition) is 2. The smallest absolute Gasteiger partial charge is 0.217 e. The minimum absolute atomic E-state index is 0. The fourth-order valence-corrected chi connectivity index (χ4v) is 3.19. The molecule has 0 bridgehead atoms. The molecule has 1 fully saturated rings. The summed E-state index contributed by atoms with van der Waals surface area (Å²) in [7, 11) is 0. The average Bonchev–Trinajstić information content (AvgIpc) is 2.59. The second-order valence-corrected chi connectivity index (χ2v) is 6.55. The van der Waals surface area contributed by atoms with Gasteiger partial charge in [0.05, 0.1) is 11.6 Å². The van der Waals surface area contributed by atoms with Gasteiger partial charge in [-0.15, -0.1) is 24.0 Å². The molecule has 0 aromatic heterocycles. The number of primary amides is 1. The number of ether oxygens (including phenoxy) is 1. The van der Waals surface area contributed by atoms with Crippen molar-refractivity contribution in [2.45, 2.75) is 26.2 Å². The number of carbonyl (C=O) groups is 1. The lowest BCUT2D eigenvalue weighted by Crippen LogP contribution is -2.47. The van der Waals surface area contributed by atoms with Crippen LogP contribution in [0.5, 0.6) is 5.75 Å². The summed E-state index contributed by atoms with van der Waals surface area (Å²) < 4.78 is 5.68. The maximum atomic E-state index is 11.2. The fourth-order valence-electron chi connectivity index (χ4n) is 3.00. The van der Waals surface area contributed by atoms with Gasteiger partial charge in [-0.25, -0.2) is 4.99 Å². The predicted octanol–water partition coefficient (Wildman–Crippen LogP) is 2.89. The van der Waals surface area contributed by atoms with E-state index < -0.39 is 0 Å². The van der Waals surface area contributed by atoms with E-state index in [0.717, 1.165) is 38.4 Å². The van der Waals surface area contributed by atoms with Gasteiger partial charge in [-0.3, -0.25) is 4.79 Å². The standard InChI is InChI=1S/C18H27ClN4O2.HI/c1-2-21-18(23-10-5-6-14(13-23)12-17(20)24)22-9-11-25-16-8-4-3-7-15(16)19;/h3-4,7-8,14H,2,5-6,9-13H2,1H3,(H2,20,24)(H,21,22);1H. The van der Waals surface area contributed by atoms with Crippen LogP contribution in [0.25, 0.3) is 0 Å². The number of para-hydroxylation sites is 1. The molecule has 26 heavy (non-hydrogen) atoms. The molecule has 2 rings (SSSR count). The number of rotatable bonds is 7. The number of nitrogens with two attached hydrogens (primary N) is 1. The third-order valence-electron chi connectivity index (χ3n) is 4.09. The second kappa shape index (κ2) is 12.2. The first-order valence-electron chi connectivity index (χ1n) is 8.79. The van der Waals surface area contributed by atoms with Gasteiger partial charge in [0, 0.05) is 26.1 Å².